The van der Waals surface area contributed by atoms with E-state index in [0.29, 0.717) is 5.11 Å². The average molecular weight is 457 g/mol. The normalized spacial score (nSPS) is 17.0. The van der Waals surface area contributed by atoms with Crippen LogP contribution in [0.1, 0.15) is 25.5 Å². The summed E-state index contributed by atoms with van der Waals surface area (Å²) in [5.74, 6) is 0.285. The van der Waals surface area contributed by atoms with Gasteiger partial charge in [-0.2, -0.15) is 0 Å². The molecule has 0 bridgehead atoms. The van der Waals surface area contributed by atoms with Crippen molar-refractivity contribution in [1.82, 2.24) is 10.6 Å². The summed E-state index contributed by atoms with van der Waals surface area (Å²) in [6, 6.07) is 32.5. The zero-order valence-electron chi connectivity index (χ0n) is 18.5. The van der Waals surface area contributed by atoms with E-state index >= 15 is 0 Å². The Labute approximate surface area is 198 Å². The minimum atomic E-state index is -0.607. The van der Waals surface area contributed by atoms with Gasteiger partial charge >= 0.3 is 0 Å². The molecule has 0 unspecified atom stereocenters. The second kappa shape index (κ2) is 10.7. The second-order valence-corrected chi connectivity index (χ2v) is 10.7. The van der Waals surface area contributed by atoms with Crippen LogP contribution in [0.15, 0.2) is 115 Å². The summed E-state index contributed by atoms with van der Waals surface area (Å²) < 4.78 is 0. The van der Waals surface area contributed by atoms with E-state index in [0.717, 1.165) is 0 Å². The lowest BCUT2D eigenvalue weighted by Crippen LogP contribution is -2.44. The van der Waals surface area contributed by atoms with Gasteiger partial charge in [-0.15, -0.1) is 0 Å². The number of thiocarbonyl (C=S) groups is 1. The Kier molecular flexibility index (Phi) is 7.52. The standard InChI is InChI=1S/C28H29N2PS/c1-21(23-13-6-3-7-14-23)29-28(32)30-22(2)26-19-12-20-27(26)31(24-15-8-4-9-16-24)25-17-10-5-11-18-25/h3-22,26H,1-2H3,(H2,29,30,32)/t21-,22+,26-/m0/s1. The number of hydrogen-bond donors (Lipinski definition) is 2. The number of nitrogens with one attached hydrogen (secondary N) is 2. The molecule has 0 aromatic heterocycles. The third-order valence-corrected chi connectivity index (χ3v) is 8.59. The summed E-state index contributed by atoms with van der Waals surface area (Å²) in [5.41, 5.74) is 1.22. The molecule has 0 aliphatic heterocycles. The van der Waals surface area contributed by atoms with Gasteiger partial charge in [0.15, 0.2) is 5.11 Å². The van der Waals surface area contributed by atoms with Gasteiger partial charge in [-0.1, -0.05) is 109 Å². The van der Waals surface area contributed by atoms with Crippen LogP contribution >= 0.6 is 20.1 Å². The largest absolute Gasteiger partial charge is 0.359 e. The topological polar surface area (TPSA) is 24.1 Å². The SMILES string of the molecule is C[C@H](NC(=S)N[C@H](C)[C@@H]1C=CC=C1P(c1ccccc1)c1ccccc1)c1ccccc1. The summed E-state index contributed by atoms with van der Waals surface area (Å²) in [4.78, 5) is 0. The predicted octanol–water partition coefficient (Wildman–Crippen LogP) is 5.80. The maximum atomic E-state index is 5.67. The van der Waals surface area contributed by atoms with Gasteiger partial charge in [-0.25, -0.2) is 0 Å². The highest BCUT2D eigenvalue weighted by Gasteiger charge is 2.30. The van der Waals surface area contributed by atoms with Crippen molar-refractivity contribution in [2.75, 3.05) is 0 Å². The van der Waals surface area contributed by atoms with Crippen molar-refractivity contribution in [2.24, 2.45) is 5.92 Å². The summed E-state index contributed by atoms with van der Waals surface area (Å²) >= 11 is 5.67. The zero-order chi connectivity index (χ0) is 22.3. The quantitative estimate of drug-likeness (QED) is 0.347. The highest BCUT2D eigenvalue weighted by molar-refractivity contribution is 7.80. The Bertz CT molecular complexity index is 1040. The van der Waals surface area contributed by atoms with Crippen molar-refractivity contribution >= 4 is 35.9 Å². The molecule has 3 atom stereocenters. The molecule has 0 spiro atoms. The molecule has 0 amide bonds. The monoisotopic (exact) mass is 456 g/mol. The Morgan fingerprint density at radius 3 is 1.88 bits per heavy atom. The highest BCUT2D eigenvalue weighted by Crippen LogP contribution is 2.49. The first-order chi connectivity index (χ1) is 15.6. The third kappa shape index (κ3) is 5.35. The molecule has 0 saturated carbocycles. The van der Waals surface area contributed by atoms with Crippen LogP contribution in [0.2, 0.25) is 0 Å². The molecular weight excluding hydrogens is 427 g/mol. The molecule has 0 radical (unpaired) electrons. The smallest absolute Gasteiger partial charge is 0.167 e. The number of hydrogen-bond acceptors (Lipinski definition) is 1. The number of benzene rings is 3. The molecule has 162 valence electrons. The molecule has 3 aromatic rings. The van der Waals surface area contributed by atoms with Crippen molar-refractivity contribution in [3.63, 3.8) is 0 Å². The molecule has 1 aliphatic carbocycles. The molecule has 0 saturated heterocycles. The van der Waals surface area contributed by atoms with Crippen LogP contribution in [-0.2, 0) is 0 Å². The molecule has 4 heteroatoms. The van der Waals surface area contributed by atoms with Crippen molar-refractivity contribution in [3.8, 4) is 0 Å². The first kappa shape index (κ1) is 22.5. The summed E-state index contributed by atoms with van der Waals surface area (Å²) in [6.07, 6.45) is 6.80. The number of rotatable bonds is 7. The van der Waals surface area contributed by atoms with Crippen molar-refractivity contribution in [3.05, 3.63) is 120 Å². The summed E-state index contributed by atoms with van der Waals surface area (Å²) in [6.45, 7) is 4.36. The van der Waals surface area contributed by atoms with Crippen molar-refractivity contribution in [2.45, 2.75) is 25.9 Å². The Morgan fingerprint density at radius 2 is 1.31 bits per heavy atom. The lowest BCUT2D eigenvalue weighted by molar-refractivity contribution is 0.560. The molecule has 1 aliphatic rings. The van der Waals surface area contributed by atoms with Gasteiger partial charge in [0, 0.05) is 12.0 Å². The third-order valence-electron chi connectivity index (χ3n) is 5.76. The van der Waals surface area contributed by atoms with E-state index in [2.05, 4.69) is 128 Å². The molecule has 0 fully saturated rings. The minimum Gasteiger partial charge on any atom is -0.359 e. The van der Waals surface area contributed by atoms with Gasteiger partial charge < -0.3 is 10.6 Å². The van der Waals surface area contributed by atoms with Crippen LogP contribution in [0, 0.1) is 5.92 Å². The molecule has 3 aromatic carbocycles. The van der Waals surface area contributed by atoms with Crippen LogP contribution in [0.3, 0.4) is 0 Å². The lowest BCUT2D eigenvalue weighted by atomic mass is 10.0. The summed E-state index contributed by atoms with van der Waals surface area (Å²) in [5, 5.41) is 11.9. The van der Waals surface area contributed by atoms with E-state index in [1.54, 1.807) is 0 Å². The molecule has 32 heavy (non-hydrogen) atoms. The molecule has 4 rings (SSSR count). The van der Waals surface area contributed by atoms with E-state index in [-0.39, 0.29) is 18.0 Å². The Hall–Kier alpha value is -2.74. The molecule has 2 nitrogen and oxygen atoms in total. The molecule has 2 N–H and O–H groups in total. The Morgan fingerprint density at radius 1 is 0.781 bits per heavy atom. The van der Waals surface area contributed by atoms with Crippen LogP contribution in [0.25, 0.3) is 0 Å². The van der Waals surface area contributed by atoms with E-state index in [9.17, 15) is 0 Å². The molecular formula is C28H29N2PS. The lowest BCUT2D eigenvalue weighted by Gasteiger charge is -2.30. The fraction of sp³-hybridized carbons (Fsp3) is 0.179. The van der Waals surface area contributed by atoms with Gasteiger partial charge in [-0.05, 0) is 55.5 Å². The fourth-order valence-corrected chi connectivity index (χ4v) is 7.13. The first-order valence-corrected chi connectivity index (χ1v) is 12.8. The van der Waals surface area contributed by atoms with Crippen LogP contribution in [-0.4, -0.2) is 11.2 Å². The van der Waals surface area contributed by atoms with Crippen LogP contribution < -0.4 is 21.2 Å². The van der Waals surface area contributed by atoms with Gasteiger partial charge in [0.2, 0.25) is 0 Å². The van der Waals surface area contributed by atoms with Crippen molar-refractivity contribution < 1.29 is 0 Å². The van der Waals surface area contributed by atoms with Gasteiger partial charge in [0.25, 0.3) is 0 Å². The molecule has 0 heterocycles. The van der Waals surface area contributed by atoms with Gasteiger partial charge in [0.1, 0.15) is 0 Å². The van der Waals surface area contributed by atoms with E-state index in [1.165, 1.54) is 21.5 Å². The average Bonchev–Trinajstić information content (AvgIpc) is 3.31. The second-order valence-electron chi connectivity index (χ2n) is 8.05. The zero-order valence-corrected chi connectivity index (χ0v) is 20.2. The maximum Gasteiger partial charge on any atom is 0.167 e. The maximum absolute atomic E-state index is 5.67. The van der Waals surface area contributed by atoms with Gasteiger partial charge in [-0.3, -0.25) is 0 Å². The minimum absolute atomic E-state index is 0.156. The summed E-state index contributed by atoms with van der Waals surface area (Å²) in [7, 11) is -0.607. The van der Waals surface area contributed by atoms with Gasteiger partial charge in [0.05, 0.1) is 6.04 Å². The fourth-order valence-electron chi connectivity index (χ4n) is 4.09. The highest BCUT2D eigenvalue weighted by atomic mass is 32.1. The van der Waals surface area contributed by atoms with Crippen molar-refractivity contribution in [1.29, 1.82) is 0 Å². The van der Waals surface area contributed by atoms with E-state index in [4.69, 9.17) is 12.2 Å². The van der Waals surface area contributed by atoms with E-state index in [1.807, 2.05) is 6.07 Å². The predicted molar refractivity (Wildman–Crippen MR) is 143 cm³/mol. The Balaban J connectivity index is 1.50. The van der Waals surface area contributed by atoms with Crippen LogP contribution in [0.5, 0.6) is 0 Å². The van der Waals surface area contributed by atoms with Crippen LogP contribution in [0.4, 0.5) is 0 Å². The number of allylic oxidation sites excluding steroid dienone is 2. The van der Waals surface area contributed by atoms with E-state index < -0.39 is 7.92 Å². The first-order valence-electron chi connectivity index (χ1n) is 11.0.